The Bertz CT molecular complexity index is 833. The highest BCUT2D eigenvalue weighted by Gasteiger charge is 2.28. The molecule has 1 amide bonds. The van der Waals surface area contributed by atoms with Crippen LogP contribution in [0.4, 0.5) is 0 Å². The smallest absolute Gasteiger partial charge is 0.310 e. The van der Waals surface area contributed by atoms with Gasteiger partial charge in [-0.2, -0.15) is 0 Å². The molecule has 1 aromatic carbocycles. The van der Waals surface area contributed by atoms with Crippen LogP contribution in [0.15, 0.2) is 23.1 Å². The van der Waals surface area contributed by atoms with Crippen molar-refractivity contribution in [3.8, 4) is 5.75 Å². The Morgan fingerprint density at radius 2 is 1.90 bits per heavy atom. The molecule has 1 N–H and O–H groups in total. The van der Waals surface area contributed by atoms with Gasteiger partial charge in [0, 0.05) is 24.7 Å². The predicted octanol–water partition coefficient (Wildman–Crippen LogP) is 2.19. The first-order chi connectivity index (χ1) is 13.7. The number of nitrogens with zero attached hydrogens (tertiary/aromatic N) is 1. The molecule has 2 rings (SSSR count). The highest BCUT2D eigenvalue weighted by molar-refractivity contribution is 7.89. The maximum absolute atomic E-state index is 13.0. The summed E-state index contributed by atoms with van der Waals surface area (Å²) in [6, 6.07) is 4.25. The van der Waals surface area contributed by atoms with E-state index in [0.29, 0.717) is 6.54 Å². The van der Waals surface area contributed by atoms with Crippen molar-refractivity contribution in [1.29, 1.82) is 0 Å². The first kappa shape index (κ1) is 23.2. The van der Waals surface area contributed by atoms with Crippen LogP contribution in [0.3, 0.4) is 0 Å². The van der Waals surface area contributed by atoms with Crippen LogP contribution in [-0.2, 0) is 19.6 Å². The van der Waals surface area contributed by atoms with Crippen molar-refractivity contribution in [2.45, 2.75) is 50.5 Å². The van der Waals surface area contributed by atoms with E-state index in [4.69, 9.17) is 9.47 Å². The fourth-order valence-electron chi connectivity index (χ4n) is 3.49. The Balaban J connectivity index is 2.30. The van der Waals surface area contributed by atoms with E-state index >= 15 is 0 Å². The van der Waals surface area contributed by atoms with Crippen molar-refractivity contribution < 1.29 is 27.5 Å². The third-order valence-electron chi connectivity index (χ3n) is 5.14. The molecular weight excluding hydrogens is 396 g/mol. The summed E-state index contributed by atoms with van der Waals surface area (Å²) in [6.45, 7) is 4.02. The van der Waals surface area contributed by atoms with Crippen LogP contribution in [0.2, 0.25) is 0 Å². The maximum atomic E-state index is 13.0. The van der Waals surface area contributed by atoms with Crippen molar-refractivity contribution >= 4 is 21.9 Å². The predicted molar refractivity (Wildman–Crippen MR) is 108 cm³/mol. The molecule has 1 atom stereocenters. The molecule has 1 fully saturated rings. The molecular formula is C20H30N2O6S. The quantitative estimate of drug-likeness (QED) is 0.607. The van der Waals surface area contributed by atoms with Gasteiger partial charge in [-0.25, -0.2) is 13.1 Å². The lowest BCUT2D eigenvalue weighted by molar-refractivity contribution is -0.145. The number of amides is 1. The molecule has 0 saturated heterocycles. The zero-order valence-electron chi connectivity index (χ0n) is 17.4. The summed E-state index contributed by atoms with van der Waals surface area (Å²) in [4.78, 5) is 26.1. The monoisotopic (exact) mass is 426 g/mol. The molecule has 162 valence electrons. The highest BCUT2D eigenvalue weighted by Crippen LogP contribution is 2.28. The first-order valence-corrected chi connectivity index (χ1v) is 11.3. The summed E-state index contributed by atoms with van der Waals surface area (Å²) in [5.74, 6) is -1.08. The lowest BCUT2D eigenvalue weighted by atomic mass is 10.1. The molecule has 1 saturated carbocycles. The molecule has 1 unspecified atom stereocenters. The van der Waals surface area contributed by atoms with Crippen LogP contribution >= 0.6 is 0 Å². The van der Waals surface area contributed by atoms with E-state index in [1.807, 2.05) is 0 Å². The maximum Gasteiger partial charge on any atom is 0.310 e. The Morgan fingerprint density at radius 3 is 2.45 bits per heavy atom. The van der Waals surface area contributed by atoms with Crippen molar-refractivity contribution in [2.75, 3.05) is 27.3 Å². The van der Waals surface area contributed by atoms with E-state index in [1.165, 1.54) is 37.3 Å². The van der Waals surface area contributed by atoms with E-state index in [0.717, 1.165) is 25.7 Å². The Labute approximate surface area is 172 Å². The van der Waals surface area contributed by atoms with Crippen molar-refractivity contribution in [3.63, 3.8) is 0 Å². The Hall–Kier alpha value is -2.13. The van der Waals surface area contributed by atoms with Crippen LogP contribution in [0, 0.1) is 5.92 Å². The van der Waals surface area contributed by atoms with Crippen LogP contribution < -0.4 is 9.46 Å². The summed E-state index contributed by atoms with van der Waals surface area (Å²) < 4.78 is 38.5. The zero-order chi connectivity index (χ0) is 21.6. The fraction of sp³-hybridized carbons (Fsp3) is 0.600. The molecule has 29 heavy (non-hydrogen) atoms. The van der Waals surface area contributed by atoms with Gasteiger partial charge in [0.2, 0.25) is 10.0 Å². The van der Waals surface area contributed by atoms with E-state index in [-0.39, 0.29) is 34.7 Å². The summed E-state index contributed by atoms with van der Waals surface area (Å²) in [5, 5.41) is 0. The molecule has 0 aliphatic heterocycles. The minimum absolute atomic E-state index is 0.0604. The van der Waals surface area contributed by atoms with E-state index in [2.05, 4.69) is 4.72 Å². The average molecular weight is 427 g/mol. The Kier molecular flexibility index (Phi) is 8.04. The zero-order valence-corrected chi connectivity index (χ0v) is 18.3. The number of carbonyl (C=O) groups is 2. The third-order valence-corrected chi connectivity index (χ3v) is 6.69. The lowest BCUT2D eigenvalue weighted by Gasteiger charge is -2.24. The second kappa shape index (κ2) is 10.1. The number of carbonyl (C=O) groups excluding carboxylic acids is 2. The SMILES string of the molecule is CCN(CC(C)C(=O)OC)C(=O)c1ccc(OC)c(S(=O)(=O)NC2CCCC2)c1. The molecule has 9 heteroatoms. The second-order valence-electron chi connectivity index (χ2n) is 7.24. The molecule has 1 aromatic rings. The van der Waals surface area contributed by atoms with Crippen LogP contribution in [0.1, 0.15) is 49.9 Å². The van der Waals surface area contributed by atoms with Gasteiger partial charge in [0.05, 0.1) is 20.1 Å². The van der Waals surface area contributed by atoms with Gasteiger partial charge < -0.3 is 14.4 Å². The van der Waals surface area contributed by atoms with Crippen LogP contribution in [0.25, 0.3) is 0 Å². The van der Waals surface area contributed by atoms with Crippen molar-refractivity contribution in [2.24, 2.45) is 5.92 Å². The van der Waals surface area contributed by atoms with Crippen LogP contribution in [0.5, 0.6) is 5.75 Å². The first-order valence-electron chi connectivity index (χ1n) is 9.81. The van der Waals surface area contributed by atoms with Gasteiger partial charge in [-0.1, -0.05) is 19.8 Å². The summed E-state index contributed by atoms with van der Waals surface area (Å²) in [5.41, 5.74) is 0.219. The minimum Gasteiger partial charge on any atom is -0.495 e. The van der Waals surface area contributed by atoms with Gasteiger partial charge in [-0.15, -0.1) is 0 Å². The van der Waals surface area contributed by atoms with Gasteiger partial charge in [-0.05, 0) is 38.0 Å². The topological polar surface area (TPSA) is 102 Å². The lowest BCUT2D eigenvalue weighted by Crippen LogP contribution is -2.37. The molecule has 1 aliphatic rings. The number of rotatable bonds is 9. The molecule has 0 bridgehead atoms. The summed E-state index contributed by atoms with van der Waals surface area (Å²) >= 11 is 0. The molecule has 0 radical (unpaired) electrons. The number of sulfonamides is 1. The number of benzene rings is 1. The van der Waals surface area contributed by atoms with Gasteiger partial charge in [0.25, 0.3) is 5.91 Å². The van der Waals surface area contributed by atoms with Crippen molar-refractivity contribution in [3.05, 3.63) is 23.8 Å². The van der Waals surface area contributed by atoms with Gasteiger partial charge in [-0.3, -0.25) is 9.59 Å². The van der Waals surface area contributed by atoms with Gasteiger partial charge >= 0.3 is 5.97 Å². The molecule has 0 aromatic heterocycles. The Morgan fingerprint density at radius 1 is 1.24 bits per heavy atom. The number of ether oxygens (including phenoxy) is 2. The third kappa shape index (κ3) is 5.70. The van der Waals surface area contributed by atoms with Crippen LogP contribution in [-0.4, -0.2) is 58.5 Å². The summed E-state index contributed by atoms with van der Waals surface area (Å²) in [6.07, 6.45) is 3.59. The summed E-state index contributed by atoms with van der Waals surface area (Å²) in [7, 11) is -1.14. The largest absolute Gasteiger partial charge is 0.495 e. The molecule has 1 aliphatic carbocycles. The fourth-order valence-corrected chi connectivity index (χ4v) is 4.99. The standard InChI is InChI=1S/C20H30N2O6S/c1-5-22(13-14(2)20(24)28-4)19(23)15-10-11-17(27-3)18(12-15)29(25,26)21-16-8-6-7-9-16/h10-12,14,16,21H,5-9,13H2,1-4H3. The number of nitrogens with one attached hydrogen (secondary N) is 1. The van der Waals surface area contributed by atoms with Gasteiger partial charge in [0.1, 0.15) is 10.6 Å². The van der Waals surface area contributed by atoms with Gasteiger partial charge in [0.15, 0.2) is 0 Å². The second-order valence-corrected chi connectivity index (χ2v) is 8.92. The average Bonchev–Trinajstić information content (AvgIpc) is 3.22. The number of hydrogen-bond acceptors (Lipinski definition) is 6. The molecule has 8 nitrogen and oxygen atoms in total. The minimum atomic E-state index is -3.84. The number of methoxy groups -OCH3 is 2. The van der Waals surface area contributed by atoms with Crippen molar-refractivity contribution in [1.82, 2.24) is 9.62 Å². The molecule has 0 heterocycles. The van der Waals surface area contributed by atoms with E-state index in [1.54, 1.807) is 13.8 Å². The normalized spacial score (nSPS) is 15.7. The molecule has 0 spiro atoms. The highest BCUT2D eigenvalue weighted by atomic mass is 32.2. The number of hydrogen-bond donors (Lipinski definition) is 1. The number of esters is 1. The van der Waals surface area contributed by atoms with E-state index < -0.39 is 21.9 Å². The van der Waals surface area contributed by atoms with E-state index in [9.17, 15) is 18.0 Å².